The van der Waals surface area contributed by atoms with Gasteiger partial charge < -0.3 is 19.9 Å². The van der Waals surface area contributed by atoms with Gasteiger partial charge in [0.05, 0.1) is 20.2 Å². The lowest BCUT2D eigenvalue weighted by Crippen LogP contribution is -2.38. The minimum Gasteiger partial charge on any atom is -0.497 e. The summed E-state index contributed by atoms with van der Waals surface area (Å²) in [6.45, 7) is 8.42. The van der Waals surface area contributed by atoms with Crippen LogP contribution in [-0.4, -0.2) is 34.4 Å². The van der Waals surface area contributed by atoms with Crippen LogP contribution in [0.15, 0.2) is 29.3 Å². The monoisotopic (exact) mass is 358 g/mol. The van der Waals surface area contributed by atoms with Crippen LogP contribution in [0.1, 0.15) is 37.5 Å². The fourth-order valence-corrected chi connectivity index (χ4v) is 2.32. The van der Waals surface area contributed by atoms with E-state index in [4.69, 9.17) is 9.73 Å². The van der Waals surface area contributed by atoms with Crippen molar-refractivity contribution in [3.63, 3.8) is 0 Å². The minimum absolute atomic E-state index is 0.577. The molecule has 0 saturated heterocycles. The van der Waals surface area contributed by atoms with Gasteiger partial charge in [0.25, 0.3) is 0 Å². The zero-order chi connectivity index (χ0) is 18.9. The Balaban J connectivity index is 1.99. The third-order valence-corrected chi connectivity index (χ3v) is 4.19. The Labute approximate surface area is 155 Å². The van der Waals surface area contributed by atoms with Crippen molar-refractivity contribution < 1.29 is 4.74 Å². The minimum atomic E-state index is 0.577. The van der Waals surface area contributed by atoms with Crippen molar-refractivity contribution in [1.29, 1.82) is 0 Å². The summed E-state index contributed by atoms with van der Waals surface area (Å²) in [5.74, 6) is 4.05. The zero-order valence-electron chi connectivity index (χ0n) is 16.4. The van der Waals surface area contributed by atoms with Gasteiger partial charge in [-0.25, -0.2) is 4.99 Å². The van der Waals surface area contributed by atoms with Crippen LogP contribution in [-0.2, 0) is 20.1 Å². The lowest BCUT2D eigenvalue weighted by Gasteiger charge is -2.13. The molecule has 2 rings (SSSR count). The Hall–Kier alpha value is -2.57. The van der Waals surface area contributed by atoms with Crippen LogP contribution in [0.25, 0.3) is 0 Å². The highest BCUT2D eigenvalue weighted by atomic mass is 16.5. The summed E-state index contributed by atoms with van der Waals surface area (Å²) >= 11 is 0. The number of hydrogen-bond acceptors (Lipinski definition) is 4. The molecule has 0 unspecified atom stereocenters. The van der Waals surface area contributed by atoms with Crippen LogP contribution in [0.2, 0.25) is 0 Å². The van der Waals surface area contributed by atoms with E-state index in [1.54, 1.807) is 7.11 Å². The highest BCUT2D eigenvalue weighted by Crippen LogP contribution is 2.11. The predicted molar refractivity (Wildman–Crippen MR) is 104 cm³/mol. The molecule has 7 heteroatoms. The van der Waals surface area contributed by atoms with Crippen molar-refractivity contribution in [3.05, 3.63) is 41.5 Å². The van der Waals surface area contributed by atoms with Gasteiger partial charge in [0, 0.05) is 13.6 Å². The maximum Gasteiger partial charge on any atom is 0.191 e. The molecule has 0 amide bonds. The normalized spacial score (nSPS) is 11.7. The molecule has 1 heterocycles. The molecule has 1 aromatic heterocycles. The molecule has 0 aliphatic carbocycles. The Morgan fingerprint density at radius 1 is 1.19 bits per heavy atom. The Bertz CT molecular complexity index is 705. The smallest absolute Gasteiger partial charge is 0.191 e. The van der Waals surface area contributed by atoms with E-state index in [0.29, 0.717) is 19.0 Å². The van der Waals surface area contributed by atoms with Crippen LogP contribution in [0.3, 0.4) is 0 Å². The summed E-state index contributed by atoms with van der Waals surface area (Å²) < 4.78 is 7.17. The molecular formula is C19H30N6O. The molecule has 0 radical (unpaired) electrons. The molecular weight excluding hydrogens is 328 g/mol. The van der Waals surface area contributed by atoms with Crippen molar-refractivity contribution in [3.8, 4) is 5.75 Å². The average molecular weight is 358 g/mol. The van der Waals surface area contributed by atoms with E-state index in [-0.39, 0.29) is 0 Å². The van der Waals surface area contributed by atoms with Crippen molar-refractivity contribution in [2.45, 2.75) is 40.3 Å². The number of hydrogen-bond donors (Lipinski definition) is 2. The maximum atomic E-state index is 5.20. The second kappa shape index (κ2) is 9.79. The molecule has 0 saturated carbocycles. The van der Waals surface area contributed by atoms with E-state index in [9.17, 15) is 0 Å². The largest absolute Gasteiger partial charge is 0.497 e. The summed E-state index contributed by atoms with van der Waals surface area (Å²) in [4.78, 5) is 4.69. The topological polar surface area (TPSA) is 76.4 Å². The number of aryl methyl sites for hydroxylation is 1. The van der Waals surface area contributed by atoms with E-state index in [0.717, 1.165) is 41.9 Å². The first-order valence-corrected chi connectivity index (χ1v) is 8.99. The third-order valence-electron chi connectivity index (χ3n) is 4.19. The predicted octanol–water partition coefficient (Wildman–Crippen LogP) is 2.41. The highest BCUT2D eigenvalue weighted by Gasteiger charge is 2.06. The molecule has 26 heavy (non-hydrogen) atoms. The van der Waals surface area contributed by atoms with Gasteiger partial charge in [0.1, 0.15) is 11.6 Å². The van der Waals surface area contributed by atoms with Crippen molar-refractivity contribution in [2.75, 3.05) is 13.7 Å². The number of rotatable bonds is 8. The maximum absolute atomic E-state index is 5.20. The van der Waals surface area contributed by atoms with Crippen LogP contribution in [0.5, 0.6) is 5.75 Å². The molecule has 0 aliphatic heterocycles. The van der Waals surface area contributed by atoms with Crippen LogP contribution < -0.4 is 15.4 Å². The molecule has 0 spiro atoms. The van der Waals surface area contributed by atoms with E-state index >= 15 is 0 Å². The van der Waals surface area contributed by atoms with E-state index in [1.807, 2.05) is 42.8 Å². The van der Waals surface area contributed by atoms with Crippen LogP contribution in [0.4, 0.5) is 0 Å². The number of aromatic nitrogens is 3. The van der Waals surface area contributed by atoms with Crippen molar-refractivity contribution >= 4 is 5.96 Å². The first kappa shape index (κ1) is 19.8. The summed E-state index contributed by atoms with van der Waals surface area (Å²) in [5.41, 5.74) is 1.13. The van der Waals surface area contributed by atoms with E-state index in [2.05, 4.69) is 34.7 Å². The number of aliphatic imine (C=N–C) groups is 1. The fraction of sp³-hybridized carbons (Fsp3) is 0.526. The van der Waals surface area contributed by atoms with Gasteiger partial charge in [-0.2, -0.15) is 0 Å². The van der Waals surface area contributed by atoms with Crippen molar-refractivity contribution in [1.82, 2.24) is 25.4 Å². The number of nitrogens with one attached hydrogen (secondary N) is 2. The second-order valence-corrected chi connectivity index (χ2v) is 6.70. The molecule has 0 fully saturated rings. The SMILES string of the molecule is COc1ccc(CN=C(NCCC(C)C)NCc2nnc(C)n2C)cc1. The first-order chi connectivity index (χ1) is 12.5. The van der Waals surface area contributed by atoms with Gasteiger partial charge >= 0.3 is 0 Å². The Kier molecular flexibility index (Phi) is 7.44. The molecule has 1 aromatic carbocycles. The van der Waals surface area contributed by atoms with Crippen molar-refractivity contribution in [2.24, 2.45) is 18.0 Å². The van der Waals surface area contributed by atoms with E-state index < -0.39 is 0 Å². The molecule has 0 bridgehead atoms. The Morgan fingerprint density at radius 3 is 2.50 bits per heavy atom. The lowest BCUT2D eigenvalue weighted by atomic mass is 10.1. The number of ether oxygens (including phenoxy) is 1. The second-order valence-electron chi connectivity index (χ2n) is 6.70. The van der Waals surface area contributed by atoms with E-state index in [1.165, 1.54) is 0 Å². The molecule has 0 aliphatic rings. The summed E-state index contributed by atoms with van der Waals surface area (Å²) in [7, 11) is 3.63. The quantitative estimate of drug-likeness (QED) is 0.560. The van der Waals surface area contributed by atoms with Gasteiger partial charge in [-0.05, 0) is 37.0 Å². The molecule has 2 aromatic rings. The van der Waals surface area contributed by atoms with Gasteiger partial charge in [-0.15, -0.1) is 10.2 Å². The third kappa shape index (κ3) is 6.06. The Morgan fingerprint density at radius 2 is 1.92 bits per heavy atom. The van der Waals surface area contributed by atoms with Crippen LogP contribution >= 0.6 is 0 Å². The number of benzene rings is 1. The number of methoxy groups -OCH3 is 1. The zero-order valence-corrected chi connectivity index (χ0v) is 16.4. The standard InChI is InChI=1S/C19H30N6O/c1-14(2)10-11-20-19(22-13-18-24-23-15(3)25(18)4)21-12-16-6-8-17(26-5)9-7-16/h6-9,14H,10-13H2,1-5H3,(H2,20,21,22). The lowest BCUT2D eigenvalue weighted by molar-refractivity contribution is 0.414. The van der Waals surface area contributed by atoms with Gasteiger partial charge in [-0.1, -0.05) is 26.0 Å². The highest BCUT2D eigenvalue weighted by molar-refractivity contribution is 5.79. The fourth-order valence-electron chi connectivity index (χ4n) is 2.32. The summed E-state index contributed by atoms with van der Waals surface area (Å²) in [6, 6.07) is 7.96. The number of guanidine groups is 1. The van der Waals surface area contributed by atoms with Gasteiger partial charge in [0.15, 0.2) is 11.8 Å². The van der Waals surface area contributed by atoms with Gasteiger partial charge in [-0.3, -0.25) is 0 Å². The number of nitrogens with zero attached hydrogens (tertiary/aromatic N) is 4. The molecule has 7 nitrogen and oxygen atoms in total. The molecule has 2 N–H and O–H groups in total. The summed E-state index contributed by atoms with van der Waals surface area (Å²) in [6.07, 6.45) is 1.09. The molecule has 0 atom stereocenters. The first-order valence-electron chi connectivity index (χ1n) is 8.99. The molecule has 142 valence electrons. The van der Waals surface area contributed by atoms with Gasteiger partial charge in [0.2, 0.25) is 0 Å². The average Bonchev–Trinajstić information content (AvgIpc) is 2.95. The summed E-state index contributed by atoms with van der Waals surface area (Å²) in [5, 5.41) is 15.0. The van der Waals surface area contributed by atoms with Crippen LogP contribution in [0, 0.1) is 12.8 Å².